The molecule has 0 aliphatic carbocycles. The molecular formula is C19H30N4O. The summed E-state index contributed by atoms with van der Waals surface area (Å²) in [5, 5.41) is 3.17. The van der Waals surface area contributed by atoms with Gasteiger partial charge < -0.3 is 5.32 Å². The summed E-state index contributed by atoms with van der Waals surface area (Å²) in [4.78, 5) is 21.0. The number of hydrogen-bond donors (Lipinski definition) is 1. The minimum atomic E-state index is 0.197. The molecule has 2 aliphatic rings. The predicted octanol–water partition coefficient (Wildman–Crippen LogP) is 1.90. The summed E-state index contributed by atoms with van der Waals surface area (Å²) in [6, 6.07) is 4.17. The van der Waals surface area contributed by atoms with Crippen molar-refractivity contribution in [2.45, 2.75) is 38.6 Å². The van der Waals surface area contributed by atoms with Crippen LogP contribution in [0.4, 0.5) is 0 Å². The molecule has 1 aromatic rings. The van der Waals surface area contributed by atoms with Gasteiger partial charge in [-0.2, -0.15) is 0 Å². The highest BCUT2D eigenvalue weighted by Crippen LogP contribution is 2.18. The molecule has 132 valence electrons. The fourth-order valence-electron chi connectivity index (χ4n) is 3.84. The zero-order valence-electron chi connectivity index (χ0n) is 14.6. The van der Waals surface area contributed by atoms with Gasteiger partial charge in [-0.3, -0.25) is 19.6 Å². The molecule has 2 fully saturated rings. The molecule has 1 atom stereocenters. The Balaban J connectivity index is 1.38. The van der Waals surface area contributed by atoms with Crippen molar-refractivity contribution in [2.75, 3.05) is 39.3 Å². The van der Waals surface area contributed by atoms with E-state index in [-0.39, 0.29) is 5.91 Å². The molecule has 2 saturated heterocycles. The van der Waals surface area contributed by atoms with Crippen molar-refractivity contribution < 1.29 is 4.79 Å². The average molecular weight is 330 g/mol. The zero-order valence-corrected chi connectivity index (χ0v) is 14.6. The van der Waals surface area contributed by atoms with Crippen molar-refractivity contribution in [2.24, 2.45) is 5.92 Å². The van der Waals surface area contributed by atoms with E-state index in [9.17, 15) is 4.79 Å². The Kier molecular flexibility index (Phi) is 6.61. The molecule has 5 heteroatoms. The lowest BCUT2D eigenvalue weighted by Gasteiger charge is -2.33. The molecule has 1 aromatic heterocycles. The monoisotopic (exact) mass is 330 g/mol. The Labute approximate surface area is 145 Å². The summed E-state index contributed by atoms with van der Waals surface area (Å²) < 4.78 is 0. The van der Waals surface area contributed by atoms with E-state index in [0.29, 0.717) is 12.5 Å². The Morgan fingerprint density at radius 1 is 1.08 bits per heavy atom. The van der Waals surface area contributed by atoms with Crippen molar-refractivity contribution in [3.05, 3.63) is 30.1 Å². The summed E-state index contributed by atoms with van der Waals surface area (Å²) in [6.07, 6.45) is 9.94. The molecule has 0 spiro atoms. The topological polar surface area (TPSA) is 48.5 Å². The summed E-state index contributed by atoms with van der Waals surface area (Å²) in [7, 11) is 0. The molecule has 1 amide bonds. The average Bonchev–Trinajstić information content (AvgIpc) is 2.62. The number of nitrogens with zero attached hydrogens (tertiary/aromatic N) is 3. The Bertz CT molecular complexity index is 501. The summed E-state index contributed by atoms with van der Waals surface area (Å²) in [5.74, 6) is 0.772. The molecule has 0 radical (unpaired) electrons. The Hall–Kier alpha value is -1.46. The van der Waals surface area contributed by atoms with Gasteiger partial charge in [-0.1, -0.05) is 6.42 Å². The number of amides is 1. The maximum Gasteiger partial charge on any atom is 0.234 e. The van der Waals surface area contributed by atoms with Crippen LogP contribution in [0.5, 0.6) is 0 Å². The van der Waals surface area contributed by atoms with Crippen molar-refractivity contribution in [3.63, 3.8) is 0 Å². The van der Waals surface area contributed by atoms with Crippen molar-refractivity contribution in [1.82, 2.24) is 20.1 Å². The molecule has 2 aliphatic heterocycles. The van der Waals surface area contributed by atoms with Crippen LogP contribution in [-0.4, -0.2) is 60.0 Å². The van der Waals surface area contributed by atoms with Gasteiger partial charge >= 0.3 is 0 Å². The first-order valence-electron chi connectivity index (χ1n) is 9.40. The molecule has 5 nitrogen and oxygen atoms in total. The standard InChI is InChI=1S/C19H30N4O/c24-19(16-22-10-2-1-3-11-22)21-13-18-5-4-12-23(15-18)14-17-6-8-20-9-7-17/h6-9,18H,1-5,10-16H2,(H,21,24)/t18-/m1/s1. The number of nitrogens with one attached hydrogen (secondary N) is 1. The maximum absolute atomic E-state index is 12.2. The van der Waals surface area contributed by atoms with Crippen molar-refractivity contribution >= 4 is 5.91 Å². The summed E-state index contributed by atoms with van der Waals surface area (Å²) >= 11 is 0. The zero-order chi connectivity index (χ0) is 16.6. The highest BCUT2D eigenvalue weighted by Gasteiger charge is 2.21. The van der Waals surface area contributed by atoms with Gasteiger partial charge in [-0.25, -0.2) is 0 Å². The first-order chi connectivity index (χ1) is 11.8. The van der Waals surface area contributed by atoms with E-state index < -0.39 is 0 Å². The van der Waals surface area contributed by atoms with E-state index in [1.54, 1.807) is 0 Å². The molecule has 3 rings (SSSR count). The van der Waals surface area contributed by atoms with Gasteiger partial charge in [0.25, 0.3) is 0 Å². The van der Waals surface area contributed by atoms with Crippen LogP contribution in [0, 0.1) is 5.92 Å². The Morgan fingerprint density at radius 2 is 1.83 bits per heavy atom. The largest absolute Gasteiger partial charge is 0.355 e. The number of hydrogen-bond acceptors (Lipinski definition) is 4. The third kappa shape index (κ3) is 5.56. The van der Waals surface area contributed by atoms with Crippen LogP contribution in [0.15, 0.2) is 24.5 Å². The van der Waals surface area contributed by atoms with Gasteiger partial charge in [0.15, 0.2) is 0 Å². The summed E-state index contributed by atoms with van der Waals surface area (Å²) in [5.41, 5.74) is 1.32. The highest BCUT2D eigenvalue weighted by molar-refractivity contribution is 5.78. The van der Waals surface area contributed by atoms with Gasteiger partial charge in [0, 0.05) is 32.0 Å². The van der Waals surface area contributed by atoms with E-state index in [2.05, 4.69) is 32.2 Å². The van der Waals surface area contributed by atoms with E-state index in [0.717, 1.165) is 39.3 Å². The fourth-order valence-corrected chi connectivity index (χ4v) is 3.84. The molecule has 0 saturated carbocycles. The Morgan fingerprint density at radius 3 is 2.62 bits per heavy atom. The van der Waals surface area contributed by atoms with E-state index >= 15 is 0 Å². The van der Waals surface area contributed by atoms with Crippen LogP contribution < -0.4 is 5.32 Å². The van der Waals surface area contributed by atoms with E-state index in [1.165, 1.54) is 37.7 Å². The second-order valence-electron chi connectivity index (χ2n) is 7.24. The third-order valence-electron chi connectivity index (χ3n) is 5.16. The van der Waals surface area contributed by atoms with Crippen molar-refractivity contribution in [1.29, 1.82) is 0 Å². The van der Waals surface area contributed by atoms with Crippen LogP contribution >= 0.6 is 0 Å². The quantitative estimate of drug-likeness (QED) is 0.865. The SMILES string of the molecule is O=C(CN1CCCCC1)NC[C@H]1CCCN(Cc2ccncc2)C1. The lowest BCUT2D eigenvalue weighted by Crippen LogP contribution is -2.44. The lowest BCUT2D eigenvalue weighted by atomic mass is 9.97. The third-order valence-corrected chi connectivity index (χ3v) is 5.16. The maximum atomic E-state index is 12.2. The van der Waals surface area contributed by atoms with Crippen LogP contribution in [0.3, 0.4) is 0 Å². The smallest absolute Gasteiger partial charge is 0.234 e. The number of pyridine rings is 1. The van der Waals surface area contributed by atoms with Crippen LogP contribution in [0.25, 0.3) is 0 Å². The number of piperidine rings is 2. The van der Waals surface area contributed by atoms with Gasteiger partial charge in [0.1, 0.15) is 0 Å². The van der Waals surface area contributed by atoms with Gasteiger partial charge in [-0.05, 0) is 68.9 Å². The minimum absolute atomic E-state index is 0.197. The molecule has 0 unspecified atom stereocenters. The molecular weight excluding hydrogens is 300 g/mol. The second kappa shape index (κ2) is 9.14. The van der Waals surface area contributed by atoms with E-state index in [1.807, 2.05) is 12.4 Å². The molecule has 0 aromatic carbocycles. The number of rotatable bonds is 6. The molecule has 0 bridgehead atoms. The normalized spacial score (nSPS) is 23.1. The van der Waals surface area contributed by atoms with Gasteiger partial charge in [0.05, 0.1) is 6.54 Å². The van der Waals surface area contributed by atoms with Crippen LogP contribution in [0.2, 0.25) is 0 Å². The number of likely N-dealkylation sites (tertiary alicyclic amines) is 2. The molecule has 1 N–H and O–H groups in total. The number of carbonyl (C=O) groups excluding carboxylic acids is 1. The molecule has 3 heterocycles. The fraction of sp³-hybridized carbons (Fsp3) is 0.684. The second-order valence-corrected chi connectivity index (χ2v) is 7.24. The van der Waals surface area contributed by atoms with Crippen molar-refractivity contribution in [3.8, 4) is 0 Å². The summed E-state index contributed by atoms with van der Waals surface area (Å²) in [6.45, 7) is 6.77. The number of aromatic nitrogens is 1. The first-order valence-corrected chi connectivity index (χ1v) is 9.40. The highest BCUT2D eigenvalue weighted by atomic mass is 16.2. The van der Waals surface area contributed by atoms with Crippen LogP contribution in [0.1, 0.15) is 37.7 Å². The number of carbonyl (C=O) groups is 1. The lowest BCUT2D eigenvalue weighted by molar-refractivity contribution is -0.122. The van der Waals surface area contributed by atoms with Crippen LogP contribution in [-0.2, 0) is 11.3 Å². The van der Waals surface area contributed by atoms with Gasteiger partial charge in [0.2, 0.25) is 5.91 Å². The van der Waals surface area contributed by atoms with E-state index in [4.69, 9.17) is 0 Å². The van der Waals surface area contributed by atoms with Gasteiger partial charge in [-0.15, -0.1) is 0 Å². The minimum Gasteiger partial charge on any atom is -0.355 e. The predicted molar refractivity (Wildman–Crippen MR) is 95.5 cm³/mol. The first kappa shape index (κ1) is 17.4. The molecule has 24 heavy (non-hydrogen) atoms.